The molecule has 0 fully saturated rings. The van der Waals surface area contributed by atoms with Gasteiger partial charge in [0, 0.05) is 25.7 Å². The Morgan fingerprint density at radius 1 is 1.38 bits per heavy atom. The molecule has 0 radical (unpaired) electrons. The van der Waals surface area contributed by atoms with Crippen LogP contribution in [0.15, 0.2) is 18.2 Å². The van der Waals surface area contributed by atoms with Gasteiger partial charge in [0.2, 0.25) is 5.91 Å². The monoisotopic (exact) mass is 313 g/mol. The average molecular weight is 314 g/mol. The normalized spacial score (nSPS) is 10.9. The van der Waals surface area contributed by atoms with Gasteiger partial charge in [0.05, 0.1) is 20.9 Å². The molecule has 0 bridgehead atoms. The quantitative estimate of drug-likeness (QED) is 0.638. The Labute approximate surface area is 126 Å². The molecule has 0 atom stereocenters. The maximum atomic E-state index is 12.0. The van der Waals surface area contributed by atoms with E-state index in [2.05, 4.69) is 10.6 Å². The standard InChI is InChI=1S/C13H16ClN3O4/c1-13(2,12(19)15-3)7-16-11(18)9-5-4-8(17(20)21)6-10(9)14/h4-6H,7H2,1-3H3,(H,15,19)(H,16,18). The zero-order valence-electron chi connectivity index (χ0n) is 11.9. The van der Waals surface area contributed by atoms with Gasteiger partial charge in [-0.2, -0.15) is 0 Å². The van der Waals surface area contributed by atoms with Crippen LogP contribution in [0, 0.1) is 15.5 Å². The molecular formula is C13H16ClN3O4. The Hall–Kier alpha value is -2.15. The molecule has 1 aromatic rings. The van der Waals surface area contributed by atoms with Gasteiger partial charge in [-0.15, -0.1) is 0 Å². The molecule has 2 N–H and O–H groups in total. The number of benzene rings is 1. The highest BCUT2D eigenvalue weighted by molar-refractivity contribution is 6.34. The summed E-state index contributed by atoms with van der Waals surface area (Å²) < 4.78 is 0. The van der Waals surface area contributed by atoms with Gasteiger partial charge >= 0.3 is 0 Å². The summed E-state index contributed by atoms with van der Waals surface area (Å²) in [5, 5.41) is 15.7. The summed E-state index contributed by atoms with van der Waals surface area (Å²) in [6.45, 7) is 3.48. The van der Waals surface area contributed by atoms with Crippen LogP contribution in [0.1, 0.15) is 24.2 Å². The molecule has 0 unspecified atom stereocenters. The van der Waals surface area contributed by atoms with E-state index in [0.29, 0.717) is 0 Å². The first-order chi connectivity index (χ1) is 9.69. The number of carbonyl (C=O) groups excluding carboxylic acids is 2. The zero-order chi connectivity index (χ0) is 16.2. The van der Waals surface area contributed by atoms with E-state index in [0.717, 1.165) is 6.07 Å². The highest BCUT2D eigenvalue weighted by Gasteiger charge is 2.27. The molecule has 0 aromatic heterocycles. The molecule has 1 rings (SSSR count). The number of nitro benzene ring substituents is 1. The van der Waals surface area contributed by atoms with Crippen molar-refractivity contribution in [3.05, 3.63) is 38.9 Å². The van der Waals surface area contributed by atoms with E-state index in [1.807, 2.05) is 0 Å². The number of carbonyl (C=O) groups is 2. The minimum Gasteiger partial charge on any atom is -0.359 e. The molecule has 2 amide bonds. The molecule has 114 valence electrons. The van der Waals surface area contributed by atoms with Gasteiger partial charge in [-0.05, 0) is 19.9 Å². The molecule has 0 saturated heterocycles. The smallest absolute Gasteiger partial charge is 0.270 e. The predicted octanol–water partition coefficient (Wildman–Crippen LogP) is 1.75. The molecule has 7 nitrogen and oxygen atoms in total. The Balaban J connectivity index is 2.82. The number of halogens is 1. The van der Waals surface area contributed by atoms with Crippen molar-refractivity contribution in [3.8, 4) is 0 Å². The van der Waals surface area contributed by atoms with Crippen LogP contribution in [-0.4, -0.2) is 30.3 Å². The lowest BCUT2D eigenvalue weighted by atomic mass is 9.92. The van der Waals surface area contributed by atoms with Crippen molar-refractivity contribution in [3.63, 3.8) is 0 Å². The number of hydrogen-bond donors (Lipinski definition) is 2. The van der Waals surface area contributed by atoms with Gasteiger partial charge in [-0.25, -0.2) is 0 Å². The van der Waals surface area contributed by atoms with Crippen molar-refractivity contribution < 1.29 is 14.5 Å². The Kier molecular flexibility index (Phi) is 5.26. The first kappa shape index (κ1) is 16.9. The topological polar surface area (TPSA) is 101 Å². The third kappa shape index (κ3) is 4.16. The maximum Gasteiger partial charge on any atom is 0.270 e. The molecule has 0 aliphatic heterocycles. The fourth-order valence-corrected chi connectivity index (χ4v) is 1.88. The van der Waals surface area contributed by atoms with Crippen LogP contribution in [0.2, 0.25) is 5.02 Å². The summed E-state index contributed by atoms with van der Waals surface area (Å²) in [7, 11) is 1.51. The highest BCUT2D eigenvalue weighted by Crippen LogP contribution is 2.22. The van der Waals surface area contributed by atoms with Crippen molar-refractivity contribution in [2.75, 3.05) is 13.6 Å². The van der Waals surface area contributed by atoms with Gasteiger partial charge in [-0.1, -0.05) is 11.6 Å². The fourth-order valence-electron chi connectivity index (χ4n) is 1.62. The number of nitrogens with one attached hydrogen (secondary N) is 2. The lowest BCUT2D eigenvalue weighted by Gasteiger charge is -2.22. The first-order valence-corrected chi connectivity index (χ1v) is 6.51. The lowest BCUT2D eigenvalue weighted by Crippen LogP contribution is -2.43. The third-order valence-electron chi connectivity index (χ3n) is 2.94. The molecule has 0 heterocycles. The van der Waals surface area contributed by atoms with E-state index in [1.54, 1.807) is 13.8 Å². The van der Waals surface area contributed by atoms with Gasteiger partial charge < -0.3 is 10.6 Å². The number of hydrogen-bond acceptors (Lipinski definition) is 4. The highest BCUT2D eigenvalue weighted by atomic mass is 35.5. The second kappa shape index (κ2) is 6.53. The Bertz CT molecular complexity index is 587. The van der Waals surface area contributed by atoms with E-state index in [1.165, 1.54) is 19.2 Å². The molecule has 0 spiro atoms. The van der Waals surface area contributed by atoms with Crippen LogP contribution < -0.4 is 10.6 Å². The van der Waals surface area contributed by atoms with Crippen LogP contribution in [0.4, 0.5) is 5.69 Å². The Morgan fingerprint density at radius 2 is 2.00 bits per heavy atom. The van der Waals surface area contributed by atoms with Crippen LogP contribution >= 0.6 is 11.6 Å². The summed E-state index contributed by atoms with van der Waals surface area (Å²) in [5.74, 6) is -0.704. The third-order valence-corrected chi connectivity index (χ3v) is 3.25. The minimum absolute atomic E-state index is 0.0144. The molecule has 0 aliphatic carbocycles. The predicted molar refractivity (Wildman–Crippen MR) is 78.3 cm³/mol. The van der Waals surface area contributed by atoms with Crippen LogP contribution in [-0.2, 0) is 4.79 Å². The second-order valence-electron chi connectivity index (χ2n) is 5.07. The molecule has 0 aliphatic rings. The van der Waals surface area contributed by atoms with Crippen LogP contribution in [0.25, 0.3) is 0 Å². The summed E-state index contributed by atoms with van der Waals surface area (Å²) >= 11 is 5.86. The summed E-state index contributed by atoms with van der Waals surface area (Å²) in [6.07, 6.45) is 0. The van der Waals surface area contributed by atoms with Crippen molar-refractivity contribution in [2.24, 2.45) is 5.41 Å². The first-order valence-electron chi connectivity index (χ1n) is 6.13. The largest absolute Gasteiger partial charge is 0.359 e. The van der Waals surface area contributed by atoms with Crippen molar-refractivity contribution in [1.29, 1.82) is 0 Å². The van der Waals surface area contributed by atoms with Gasteiger partial charge in [-0.3, -0.25) is 19.7 Å². The number of rotatable bonds is 5. The SMILES string of the molecule is CNC(=O)C(C)(C)CNC(=O)c1ccc([N+](=O)[O-])cc1Cl. The fraction of sp³-hybridized carbons (Fsp3) is 0.385. The molecule has 1 aromatic carbocycles. The average Bonchev–Trinajstić information content (AvgIpc) is 2.43. The van der Waals surface area contributed by atoms with E-state index < -0.39 is 16.2 Å². The second-order valence-corrected chi connectivity index (χ2v) is 5.47. The zero-order valence-corrected chi connectivity index (χ0v) is 12.7. The van der Waals surface area contributed by atoms with Crippen molar-refractivity contribution >= 4 is 29.1 Å². The molecule has 8 heteroatoms. The molecular weight excluding hydrogens is 298 g/mol. The molecule has 21 heavy (non-hydrogen) atoms. The van der Waals surface area contributed by atoms with Gasteiger partial charge in [0.1, 0.15) is 0 Å². The van der Waals surface area contributed by atoms with Crippen molar-refractivity contribution in [2.45, 2.75) is 13.8 Å². The summed E-state index contributed by atoms with van der Waals surface area (Å²) in [5.41, 5.74) is -0.852. The minimum atomic E-state index is -0.780. The van der Waals surface area contributed by atoms with E-state index in [-0.39, 0.29) is 28.7 Å². The van der Waals surface area contributed by atoms with Gasteiger partial charge in [0.25, 0.3) is 11.6 Å². The van der Waals surface area contributed by atoms with E-state index >= 15 is 0 Å². The Morgan fingerprint density at radius 3 is 2.48 bits per heavy atom. The maximum absolute atomic E-state index is 12.0. The van der Waals surface area contributed by atoms with Gasteiger partial charge in [0.15, 0.2) is 0 Å². The molecule has 0 saturated carbocycles. The van der Waals surface area contributed by atoms with E-state index in [9.17, 15) is 19.7 Å². The number of amides is 2. The van der Waals surface area contributed by atoms with E-state index in [4.69, 9.17) is 11.6 Å². The van der Waals surface area contributed by atoms with Crippen LogP contribution in [0.5, 0.6) is 0 Å². The number of nitro groups is 1. The lowest BCUT2D eigenvalue weighted by molar-refractivity contribution is -0.384. The van der Waals surface area contributed by atoms with Crippen molar-refractivity contribution in [1.82, 2.24) is 10.6 Å². The summed E-state index contributed by atoms with van der Waals surface area (Å²) in [4.78, 5) is 33.6. The summed E-state index contributed by atoms with van der Waals surface area (Å²) in [6, 6.07) is 3.59. The number of non-ortho nitro benzene ring substituents is 1. The van der Waals surface area contributed by atoms with Crippen LogP contribution in [0.3, 0.4) is 0 Å². The number of nitrogens with zero attached hydrogens (tertiary/aromatic N) is 1.